The summed E-state index contributed by atoms with van der Waals surface area (Å²) in [7, 11) is 0. The number of aromatic nitrogens is 1. The number of pyridine rings is 1. The molecule has 0 N–H and O–H groups in total. The Morgan fingerprint density at radius 3 is 2.58 bits per heavy atom. The first-order chi connectivity index (χ1) is 11.7. The van der Waals surface area contributed by atoms with E-state index >= 15 is 0 Å². The minimum absolute atomic E-state index is 0.124. The molecule has 4 heteroatoms. The molecule has 0 aliphatic rings. The summed E-state index contributed by atoms with van der Waals surface area (Å²) in [6.45, 7) is 0. The molecule has 0 saturated heterocycles. The van der Waals surface area contributed by atoms with Crippen LogP contribution < -0.4 is 0 Å². The molecule has 0 amide bonds. The summed E-state index contributed by atoms with van der Waals surface area (Å²) in [6.07, 6.45) is 1.49. The average Bonchev–Trinajstić information content (AvgIpc) is 3.05. The SMILES string of the molecule is O=C(CC(=O)c1ccnc2ccccc12)c1cc2ccccc2s1. The van der Waals surface area contributed by atoms with Gasteiger partial charge in [-0.3, -0.25) is 14.6 Å². The molecule has 24 heavy (non-hydrogen) atoms. The molecule has 0 unspecified atom stereocenters. The highest BCUT2D eigenvalue weighted by Crippen LogP contribution is 2.27. The maximum Gasteiger partial charge on any atom is 0.180 e. The Balaban J connectivity index is 1.64. The van der Waals surface area contributed by atoms with Crippen molar-refractivity contribution in [2.45, 2.75) is 6.42 Å². The van der Waals surface area contributed by atoms with Crippen molar-refractivity contribution in [3.8, 4) is 0 Å². The highest BCUT2D eigenvalue weighted by Gasteiger charge is 2.17. The molecule has 0 fully saturated rings. The number of benzene rings is 2. The Kier molecular flexibility index (Phi) is 3.67. The minimum Gasteiger partial charge on any atom is -0.294 e. The molecule has 0 bridgehead atoms. The lowest BCUT2D eigenvalue weighted by Gasteiger charge is -2.04. The fourth-order valence-corrected chi connectivity index (χ4v) is 3.79. The van der Waals surface area contributed by atoms with Crippen LogP contribution in [0.15, 0.2) is 66.9 Å². The first kappa shape index (κ1) is 14.7. The molecule has 0 atom stereocenters. The second kappa shape index (κ2) is 5.98. The predicted molar refractivity (Wildman–Crippen MR) is 96.8 cm³/mol. The summed E-state index contributed by atoms with van der Waals surface area (Å²) >= 11 is 1.43. The molecule has 0 radical (unpaired) electrons. The number of Topliss-reactive ketones (excluding diaryl/α,β-unsaturated/α-hetero) is 2. The smallest absolute Gasteiger partial charge is 0.180 e. The fourth-order valence-electron chi connectivity index (χ4n) is 2.79. The van der Waals surface area contributed by atoms with Crippen LogP contribution in [0.25, 0.3) is 21.0 Å². The van der Waals surface area contributed by atoms with Crippen LogP contribution in [0, 0.1) is 0 Å². The molecule has 2 heterocycles. The summed E-state index contributed by atoms with van der Waals surface area (Å²) in [6, 6.07) is 18.9. The number of nitrogens with zero attached hydrogens (tertiary/aromatic N) is 1. The van der Waals surface area contributed by atoms with Gasteiger partial charge in [-0.2, -0.15) is 0 Å². The number of para-hydroxylation sites is 1. The molecular formula is C20H13NO2S. The van der Waals surface area contributed by atoms with Crippen molar-refractivity contribution in [3.63, 3.8) is 0 Å². The van der Waals surface area contributed by atoms with Gasteiger partial charge in [0.25, 0.3) is 0 Å². The Morgan fingerprint density at radius 1 is 0.917 bits per heavy atom. The fraction of sp³-hybridized carbons (Fsp3) is 0.0500. The van der Waals surface area contributed by atoms with Gasteiger partial charge >= 0.3 is 0 Å². The Morgan fingerprint density at radius 2 is 1.71 bits per heavy atom. The van der Waals surface area contributed by atoms with Crippen LogP contribution >= 0.6 is 11.3 Å². The van der Waals surface area contributed by atoms with Gasteiger partial charge in [0.15, 0.2) is 11.6 Å². The van der Waals surface area contributed by atoms with Gasteiger partial charge in [-0.05, 0) is 29.7 Å². The zero-order chi connectivity index (χ0) is 16.5. The van der Waals surface area contributed by atoms with Crippen LogP contribution in [0.3, 0.4) is 0 Å². The van der Waals surface area contributed by atoms with Gasteiger partial charge in [-0.15, -0.1) is 11.3 Å². The normalized spacial score (nSPS) is 11.0. The van der Waals surface area contributed by atoms with E-state index in [9.17, 15) is 9.59 Å². The maximum absolute atomic E-state index is 12.6. The zero-order valence-electron chi connectivity index (χ0n) is 12.7. The summed E-state index contributed by atoms with van der Waals surface area (Å²) < 4.78 is 1.06. The van der Waals surface area contributed by atoms with Crippen LogP contribution in [0.4, 0.5) is 0 Å². The predicted octanol–water partition coefficient (Wildman–Crippen LogP) is 4.91. The van der Waals surface area contributed by atoms with E-state index in [-0.39, 0.29) is 18.0 Å². The van der Waals surface area contributed by atoms with Crippen LogP contribution in [0.5, 0.6) is 0 Å². The van der Waals surface area contributed by atoms with E-state index in [2.05, 4.69) is 4.98 Å². The summed E-state index contributed by atoms with van der Waals surface area (Å²) in [5.41, 5.74) is 1.31. The van der Waals surface area contributed by atoms with E-state index in [0.29, 0.717) is 10.4 Å². The maximum atomic E-state index is 12.6. The molecule has 3 nitrogen and oxygen atoms in total. The van der Waals surface area contributed by atoms with Crippen molar-refractivity contribution >= 4 is 43.9 Å². The number of fused-ring (bicyclic) bond motifs is 2. The number of ketones is 2. The van der Waals surface area contributed by atoms with Crippen LogP contribution in [-0.2, 0) is 0 Å². The van der Waals surface area contributed by atoms with Crippen molar-refractivity contribution in [1.82, 2.24) is 4.98 Å². The molecule has 2 aromatic heterocycles. The summed E-state index contributed by atoms with van der Waals surface area (Å²) in [4.78, 5) is 30.0. The van der Waals surface area contributed by atoms with Crippen molar-refractivity contribution in [1.29, 1.82) is 0 Å². The summed E-state index contributed by atoms with van der Waals surface area (Å²) in [5, 5.41) is 1.82. The van der Waals surface area contributed by atoms with E-state index in [1.54, 1.807) is 12.3 Å². The molecule has 0 saturated carbocycles. The summed E-state index contributed by atoms with van der Waals surface area (Å²) in [5.74, 6) is -0.307. The van der Waals surface area contributed by atoms with Crippen LogP contribution in [0.1, 0.15) is 26.5 Å². The van der Waals surface area contributed by atoms with Crippen molar-refractivity contribution in [2.24, 2.45) is 0 Å². The number of hydrogen-bond acceptors (Lipinski definition) is 4. The monoisotopic (exact) mass is 331 g/mol. The lowest BCUT2D eigenvalue weighted by Crippen LogP contribution is -2.08. The van der Waals surface area contributed by atoms with Gasteiger partial charge in [0, 0.05) is 21.8 Å². The molecule has 4 rings (SSSR count). The quantitative estimate of drug-likeness (QED) is 0.394. The number of hydrogen-bond donors (Lipinski definition) is 0. The van der Waals surface area contributed by atoms with E-state index in [1.165, 1.54) is 11.3 Å². The van der Waals surface area contributed by atoms with Gasteiger partial charge in [0.1, 0.15) is 0 Å². The Bertz CT molecular complexity index is 1040. The number of carbonyl (C=O) groups excluding carboxylic acids is 2. The molecule has 0 spiro atoms. The van der Waals surface area contributed by atoms with E-state index in [1.807, 2.05) is 54.6 Å². The van der Waals surface area contributed by atoms with Gasteiger partial charge in [0.05, 0.1) is 16.8 Å². The molecule has 0 aliphatic carbocycles. The van der Waals surface area contributed by atoms with Gasteiger partial charge in [0.2, 0.25) is 0 Å². The first-order valence-electron chi connectivity index (χ1n) is 7.61. The number of thiophene rings is 1. The Labute approximate surface area is 142 Å². The highest BCUT2D eigenvalue weighted by atomic mass is 32.1. The first-order valence-corrected chi connectivity index (χ1v) is 8.43. The van der Waals surface area contributed by atoms with E-state index < -0.39 is 0 Å². The van der Waals surface area contributed by atoms with Crippen molar-refractivity contribution < 1.29 is 9.59 Å². The van der Waals surface area contributed by atoms with Crippen molar-refractivity contribution in [2.75, 3.05) is 0 Å². The van der Waals surface area contributed by atoms with Crippen LogP contribution in [-0.4, -0.2) is 16.6 Å². The minimum atomic E-state index is -0.170. The molecule has 4 aromatic rings. The van der Waals surface area contributed by atoms with E-state index in [0.717, 1.165) is 21.0 Å². The second-order valence-electron chi connectivity index (χ2n) is 5.55. The largest absolute Gasteiger partial charge is 0.294 e. The van der Waals surface area contributed by atoms with Gasteiger partial charge < -0.3 is 0 Å². The lowest BCUT2D eigenvalue weighted by molar-refractivity contribution is 0.0897. The lowest BCUT2D eigenvalue weighted by atomic mass is 10.0. The molecule has 0 aliphatic heterocycles. The molecule has 116 valence electrons. The zero-order valence-corrected chi connectivity index (χ0v) is 13.5. The van der Waals surface area contributed by atoms with Crippen LogP contribution in [0.2, 0.25) is 0 Å². The third-order valence-electron chi connectivity index (χ3n) is 3.97. The topological polar surface area (TPSA) is 47.0 Å². The number of rotatable bonds is 4. The third kappa shape index (κ3) is 2.61. The van der Waals surface area contributed by atoms with Gasteiger partial charge in [-0.1, -0.05) is 36.4 Å². The number of carbonyl (C=O) groups is 2. The van der Waals surface area contributed by atoms with Gasteiger partial charge in [-0.25, -0.2) is 0 Å². The average molecular weight is 331 g/mol. The second-order valence-corrected chi connectivity index (χ2v) is 6.63. The third-order valence-corrected chi connectivity index (χ3v) is 5.13. The Hall–Kier alpha value is -2.85. The van der Waals surface area contributed by atoms with E-state index in [4.69, 9.17) is 0 Å². The standard InChI is InChI=1S/C20H13NO2S/c22-17(15-9-10-21-16-7-3-2-6-14(15)16)12-18(23)20-11-13-5-1-4-8-19(13)24-20/h1-11H,12H2. The molecular weight excluding hydrogens is 318 g/mol. The highest BCUT2D eigenvalue weighted by molar-refractivity contribution is 7.20. The van der Waals surface area contributed by atoms with Crippen molar-refractivity contribution in [3.05, 3.63) is 77.3 Å². The molecule has 2 aromatic carbocycles.